The summed E-state index contributed by atoms with van der Waals surface area (Å²) in [6, 6.07) is 15.2. The van der Waals surface area contributed by atoms with Crippen LogP contribution < -0.4 is 15.0 Å². The van der Waals surface area contributed by atoms with Crippen molar-refractivity contribution in [2.75, 3.05) is 18.1 Å². The Morgan fingerprint density at radius 2 is 1.89 bits per heavy atom. The number of nitrogens with zero attached hydrogens (tertiary/aromatic N) is 3. The number of rotatable bonds is 6. The Hall–Kier alpha value is -3.61. The third-order valence-corrected chi connectivity index (χ3v) is 4.62. The van der Waals surface area contributed by atoms with Crippen LogP contribution in [0.3, 0.4) is 0 Å². The first-order chi connectivity index (χ1) is 13.7. The van der Waals surface area contributed by atoms with E-state index < -0.39 is 0 Å². The first kappa shape index (κ1) is 17.8. The molecule has 0 spiro atoms. The number of carbonyl (C=O) groups is 2. The fourth-order valence-corrected chi connectivity index (χ4v) is 3.18. The largest absolute Gasteiger partial charge is 0.482 e. The van der Waals surface area contributed by atoms with Gasteiger partial charge in [0, 0.05) is 25.5 Å². The standard InChI is InChI=1S/C21H20N4O3/c26-20(13-25-18-7-3-4-8-19(18)28-14-21(25)27)23-11-16-5-1-2-6-17(16)12-24-10-9-22-15-24/h1-10,15H,11-14H2,(H,23,26). The number of aromatic nitrogens is 2. The molecule has 28 heavy (non-hydrogen) atoms. The normalized spacial score (nSPS) is 13.0. The number of hydrogen-bond acceptors (Lipinski definition) is 4. The molecule has 2 heterocycles. The van der Waals surface area contributed by atoms with E-state index >= 15 is 0 Å². The molecule has 7 heteroatoms. The highest BCUT2D eigenvalue weighted by molar-refractivity contribution is 6.02. The lowest BCUT2D eigenvalue weighted by Crippen LogP contribution is -2.45. The maximum atomic E-state index is 12.5. The van der Waals surface area contributed by atoms with Crippen molar-refractivity contribution >= 4 is 17.5 Å². The zero-order chi connectivity index (χ0) is 19.3. The van der Waals surface area contributed by atoms with E-state index in [1.807, 2.05) is 47.2 Å². The van der Waals surface area contributed by atoms with E-state index in [1.165, 1.54) is 4.90 Å². The lowest BCUT2D eigenvalue weighted by Gasteiger charge is -2.28. The summed E-state index contributed by atoms with van der Waals surface area (Å²) in [5.41, 5.74) is 2.75. The van der Waals surface area contributed by atoms with Crippen molar-refractivity contribution < 1.29 is 14.3 Å². The van der Waals surface area contributed by atoms with Gasteiger partial charge in [-0.05, 0) is 23.3 Å². The molecule has 1 aliphatic heterocycles. The second kappa shape index (κ2) is 7.96. The van der Waals surface area contributed by atoms with Gasteiger partial charge in [0.05, 0.1) is 12.0 Å². The average Bonchev–Trinajstić information content (AvgIpc) is 3.23. The summed E-state index contributed by atoms with van der Waals surface area (Å²) in [5.74, 6) is 0.164. The number of hydrogen-bond donors (Lipinski definition) is 1. The minimum atomic E-state index is -0.227. The molecule has 2 amide bonds. The van der Waals surface area contributed by atoms with Crippen molar-refractivity contribution in [3.8, 4) is 5.75 Å². The van der Waals surface area contributed by atoms with Crippen molar-refractivity contribution in [3.63, 3.8) is 0 Å². The molecule has 3 aromatic rings. The summed E-state index contributed by atoms with van der Waals surface area (Å²) in [6.45, 7) is 0.978. The molecule has 1 aromatic heterocycles. The van der Waals surface area contributed by atoms with Gasteiger partial charge in [0.15, 0.2) is 6.61 Å². The second-order valence-electron chi connectivity index (χ2n) is 6.52. The summed E-state index contributed by atoms with van der Waals surface area (Å²) < 4.78 is 7.39. The van der Waals surface area contributed by atoms with Gasteiger partial charge >= 0.3 is 0 Å². The summed E-state index contributed by atoms with van der Waals surface area (Å²) in [4.78, 5) is 30.2. The van der Waals surface area contributed by atoms with E-state index in [9.17, 15) is 9.59 Å². The van der Waals surface area contributed by atoms with Crippen molar-refractivity contribution in [1.82, 2.24) is 14.9 Å². The van der Waals surface area contributed by atoms with Crippen molar-refractivity contribution in [3.05, 3.63) is 78.4 Å². The minimum absolute atomic E-state index is 0.0388. The summed E-state index contributed by atoms with van der Waals surface area (Å²) in [5, 5.41) is 2.92. The van der Waals surface area contributed by atoms with Crippen LogP contribution in [0.1, 0.15) is 11.1 Å². The van der Waals surface area contributed by atoms with Gasteiger partial charge in [-0.2, -0.15) is 0 Å². The van der Waals surface area contributed by atoms with E-state index in [1.54, 1.807) is 24.7 Å². The zero-order valence-corrected chi connectivity index (χ0v) is 15.2. The molecule has 0 unspecified atom stereocenters. The number of ether oxygens (including phenoxy) is 1. The number of amides is 2. The third-order valence-electron chi connectivity index (χ3n) is 4.62. The van der Waals surface area contributed by atoms with Crippen molar-refractivity contribution in [1.29, 1.82) is 0 Å². The van der Waals surface area contributed by atoms with Crippen LogP contribution in [-0.4, -0.2) is 34.5 Å². The Bertz CT molecular complexity index is 985. The van der Waals surface area contributed by atoms with Crippen LogP contribution in [-0.2, 0) is 22.7 Å². The lowest BCUT2D eigenvalue weighted by atomic mass is 10.1. The van der Waals surface area contributed by atoms with Crippen LogP contribution in [0.2, 0.25) is 0 Å². The Morgan fingerprint density at radius 3 is 2.71 bits per heavy atom. The Balaban J connectivity index is 1.41. The third kappa shape index (κ3) is 3.88. The number of carbonyl (C=O) groups excluding carboxylic acids is 2. The Labute approximate surface area is 162 Å². The quantitative estimate of drug-likeness (QED) is 0.714. The summed E-state index contributed by atoms with van der Waals surface area (Å²) in [6.07, 6.45) is 5.40. The summed E-state index contributed by atoms with van der Waals surface area (Å²) in [7, 11) is 0. The molecule has 4 rings (SSSR count). The fraction of sp³-hybridized carbons (Fsp3) is 0.190. The molecule has 1 aliphatic rings. The molecule has 0 bridgehead atoms. The predicted octanol–water partition coefficient (Wildman–Crippen LogP) is 1.97. The molecule has 0 aliphatic carbocycles. The molecule has 142 valence electrons. The molecule has 0 saturated carbocycles. The number of anilines is 1. The van der Waals surface area contributed by atoms with E-state index in [-0.39, 0.29) is 25.0 Å². The van der Waals surface area contributed by atoms with Crippen LogP contribution in [0.4, 0.5) is 5.69 Å². The van der Waals surface area contributed by atoms with Gasteiger partial charge < -0.3 is 14.6 Å². The maximum absolute atomic E-state index is 12.5. The molecule has 1 N–H and O–H groups in total. The van der Waals surface area contributed by atoms with Crippen LogP contribution in [0, 0.1) is 0 Å². The SMILES string of the molecule is O=C(CN1C(=O)COc2ccccc21)NCc1ccccc1Cn1ccnc1. The highest BCUT2D eigenvalue weighted by atomic mass is 16.5. The Kier molecular flexibility index (Phi) is 5.05. The molecule has 0 fully saturated rings. The number of imidazole rings is 1. The van der Waals surface area contributed by atoms with Gasteiger partial charge in [0.25, 0.3) is 5.91 Å². The van der Waals surface area contributed by atoms with E-state index in [0.717, 1.165) is 11.1 Å². The van der Waals surface area contributed by atoms with Gasteiger partial charge in [0.1, 0.15) is 12.3 Å². The fourth-order valence-electron chi connectivity index (χ4n) is 3.18. The molecule has 0 radical (unpaired) electrons. The predicted molar refractivity (Wildman–Crippen MR) is 104 cm³/mol. The monoisotopic (exact) mass is 376 g/mol. The average molecular weight is 376 g/mol. The van der Waals surface area contributed by atoms with Gasteiger partial charge in [-0.1, -0.05) is 36.4 Å². The van der Waals surface area contributed by atoms with Crippen molar-refractivity contribution in [2.24, 2.45) is 0 Å². The van der Waals surface area contributed by atoms with Crippen LogP contribution in [0.5, 0.6) is 5.75 Å². The molecule has 0 atom stereocenters. The highest BCUT2D eigenvalue weighted by Gasteiger charge is 2.26. The number of benzene rings is 2. The Morgan fingerprint density at radius 1 is 1.11 bits per heavy atom. The lowest BCUT2D eigenvalue weighted by molar-refractivity contribution is -0.125. The van der Waals surface area contributed by atoms with Crippen LogP contribution in [0.15, 0.2) is 67.3 Å². The van der Waals surface area contributed by atoms with Gasteiger partial charge in [-0.3, -0.25) is 14.5 Å². The highest BCUT2D eigenvalue weighted by Crippen LogP contribution is 2.31. The number of fused-ring (bicyclic) bond motifs is 1. The smallest absolute Gasteiger partial charge is 0.265 e. The van der Waals surface area contributed by atoms with Crippen LogP contribution in [0.25, 0.3) is 0 Å². The maximum Gasteiger partial charge on any atom is 0.265 e. The van der Waals surface area contributed by atoms with E-state index in [0.29, 0.717) is 24.5 Å². The molecule has 0 saturated heterocycles. The number of nitrogens with one attached hydrogen (secondary N) is 1. The molecule has 7 nitrogen and oxygen atoms in total. The number of para-hydroxylation sites is 2. The molecule has 2 aromatic carbocycles. The first-order valence-electron chi connectivity index (χ1n) is 9.02. The summed E-state index contributed by atoms with van der Waals surface area (Å²) >= 11 is 0. The van der Waals surface area contributed by atoms with Gasteiger partial charge in [0.2, 0.25) is 5.91 Å². The molecular formula is C21H20N4O3. The van der Waals surface area contributed by atoms with Gasteiger partial charge in [-0.15, -0.1) is 0 Å². The van der Waals surface area contributed by atoms with Crippen molar-refractivity contribution in [2.45, 2.75) is 13.1 Å². The van der Waals surface area contributed by atoms with Gasteiger partial charge in [-0.25, -0.2) is 4.98 Å². The van der Waals surface area contributed by atoms with E-state index in [4.69, 9.17) is 4.74 Å². The molecular weight excluding hydrogens is 356 g/mol. The zero-order valence-electron chi connectivity index (χ0n) is 15.2. The van der Waals surface area contributed by atoms with Crippen LogP contribution >= 0.6 is 0 Å². The first-order valence-corrected chi connectivity index (χ1v) is 9.02. The topological polar surface area (TPSA) is 76.5 Å². The van der Waals surface area contributed by atoms with E-state index in [2.05, 4.69) is 10.3 Å². The minimum Gasteiger partial charge on any atom is -0.482 e. The second-order valence-corrected chi connectivity index (χ2v) is 6.52.